The lowest BCUT2D eigenvalue weighted by atomic mass is 10.2. The van der Waals surface area contributed by atoms with Gasteiger partial charge in [0, 0.05) is 37.3 Å². The van der Waals surface area contributed by atoms with Crippen molar-refractivity contribution in [2.45, 2.75) is 26.2 Å². The maximum absolute atomic E-state index is 5.98. The second kappa shape index (κ2) is 11.3. The van der Waals surface area contributed by atoms with Crippen molar-refractivity contribution in [2.24, 2.45) is 4.99 Å². The average molecular weight is 373 g/mol. The van der Waals surface area contributed by atoms with Crippen molar-refractivity contribution in [3.8, 4) is 11.5 Å². The van der Waals surface area contributed by atoms with Gasteiger partial charge < -0.3 is 25.0 Å². The number of aliphatic imine (C=N–C) groups is 1. The normalized spacial score (nSPS) is 15.1. The van der Waals surface area contributed by atoms with Crippen molar-refractivity contribution in [3.63, 3.8) is 0 Å². The molecule has 0 aromatic heterocycles. The number of rotatable bonds is 11. The molecular formula is C21H32N4O2. The first-order valence-electron chi connectivity index (χ1n) is 9.50. The number of hydrogen-bond donors (Lipinski definition) is 2. The molecular weight excluding hydrogens is 340 g/mol. The van der Waals surface area contributed by atoms with Crippen molar-refractivity contribution >= 4 is 11.9 Å². The van der Waals surface area contributed by atoms with Crippen molar-refractivity contribution < 1.29 is 9.47 Å². The molecule has 0 saturated carbocycles. The van der Waals surface area contributed by atoms with Crippen LogP contribution in [-0.4, -0.2) is 51.5 Å². The lowest BCUT2D eigenvalue weighted by molar-refractivity contribution is 0.254. The molecule has 0 bridgehead atoms. The molecule has 27 heavy (non-hydrogen) atoms. The minimum absolute atomic E-state index is 0.619. The van der Waals surface area contributed by atoms with Gasteiger partial charge in [0.2, 0.25) is 0 Å². The van der Waals surface area contributed by atoms with Gasteiger partial charge in [0.15, 0.2) is 11.5 Å². The number of ether oxygens (including phenoxy) is 2. The average Bonchev–Trinajstić information content (AvgIpc) is 3.18. The van der Waals surface area contributed by atoms with Crippen LogP contribution in [0.4, 0.5) is 5.69 Å². The smallest absolute Gasteiger partial charge is 0.163 e. The maximum Gasteiger partial charge on any atom is 0.163 e. The Hall–Kier alpha value is -2.47. The standard InChI is InChI=1S/C21H32N4O2/c1-17(10-11-23-18(2)22-3)24-19-8-9-20(26-4)21(16-19)27-15-7-14-25-12-5-6-13-25/h8-11,16,22,24H,2,5-7,12-15H2,1,3-4H3/b17-10+,23-11?. The molecule has 1 aliphatic heterocycles. The Kier molecular flexibility index (Phi) is 8.71. The minimum atomic E-state index is 0.619. The Morgan fingerprint density at radius 1 is 1.30 bits per heavy atom. The van der Waals surface area contributed by atoms with E-state index in [0.717, 1.165) is 35.8 Å². The summed E-state index contributed by atoms with van der Waals surface area (Å²) in [5.41, 5.74) is 1.91. The van der Waals surface area contributed by atoms with Crippen LogP contribution >= 0.6 is 0 Å². The molecule has 2 rings (SSSR count). The van der Waals surface area contributed by atoms with E-state index in [1.807, 2.05) is 31.2 Å². The van der Waals surface area contributed by atoms with Crippen LogP contribution in [0.3, 0.4) is 0 Å². The van der Waals surface area contributed by atoms with Gasteiger partial charge in [-0.2, -0.15) is 0 Å². The van der Waals surface area contributed by atoms with Gasteiger partial charge in [-0.25, -0.2) is 4.99 Å². The molecule has 0 unspecified atom stereocenters. The summed E-state index contributed by atoms with van der Waals surface area (Å²) >= 11 is 0. The van der Waals surface area contributed by atoms with Crippen molar-refractivity contribution in [1.29, 1.82) is 0 Å². The molecule has 1 aromatic carbocycles. The quantitative estimate of drug-likeness (QED) is 0.459. The Balaban J connectivity index is 1.89. The number of benzene rings is 1. The number of allylic oxidation sites excluding steroid dienone is 2. The van der Waals surface area contributed by atoms with Gasteiger partial charge in [0.25, 0.3) is 0 Å². The summed E-state index contributed by atoms with van der Waals surface area (Å²) in [5, 5.41) is 6.21. The molecule has 0 aliphatic carbocycles. The first kappa shape index (κ1) is 20.8. The zero-order chi connectivity index (χ0) is 19.5. The van der Waals surface area contributed by atoms with Gasteiger partial charge in [-0.3, -0.25) is 0 Å². The highest BCUT2D eigenvalue weighted by Crippen LogP contribution is 2.30. The molecule has 0 radical (unpaired) electrons. The van der Waals surface area contributed by atoms with Crippen LogP contribution in [0, 0.1) is 0 Å². The predicted molar refractivity (Wildman–Crippen MR) is 113 cm³/mol. The molecule has 6 heteroatoms. The van der Waals surface area contributed by atoms with Gasteiger partial charge in [0.05, 0.1) is 13.7 Å². The fourth-order valence-electron chi connectivity index (χ4n) is 2.92. The molecule has 148 valence electrons. The summed E-state index contributed by atoms with van der Waals surface area (Å²) < 4.78 is 11.4. The molecule has 1 aromatic rings. The Morgan fingerprint density at radius 3 is 2.78 bits per heavy atom. The van der Waals surface area contributed by atoms with Gasteiger partial charge in [-0.15, -0.1) is 0 Å². The molecule has 1 fully saturated rings. The van der Waals surface area contributed by atoms with E-state index in [2.05, 4.69) is 27.1 Å². The van der Waals surface area contributed by atoms with Crippen molar-refractivity contribution in [3.05, 3.63) is 42.4 Å². The summed E-state index contributed by atoms with van der Waals surface area (Å²) in [5.74, 6) is 2.12. The van der Waals surface area contributed by atoms with Crippen molar-refractivity contribution in [1.82, 2.24) is 10.2 Å². The van der Waals surface area contributed by atoms with Crippen molar-refractivity contribution in [2.75, 3.05) is 45.7 Å². The highest BCUT2D eigenvalue weighted by molar-refractivity contribution is 5.74. The molecule has 0 amide bonds. The number of hydrogen-bond acceptors (Lipinski definition) is 6. The second-order valence-corrected chi connectivity index (χ2v) is 6.57. The van der Waals surface area contributed by atoms with E-state index in [9.17, 15) is 0 Å². The Labute approximate surface area is 163 Å². The van der Waals surface area contributed by atoms with Gasteiger partial charge in [-0.05, 0) is 57.5 Å². The summed E-state index contributed by atoms with van der Waals surface area (Å²) in [6, 6.07) is 5.86. The number of nitrogens with one attached hydrogen (secondary N) is 2. The number of methoxy groups -OCH3 is 1. The number of nitrogens with zero attached hydrogens (tertiary/aromatic N) is 2. The van der Waals surface area contributed by atoms with Crippen LogP contribution in [0.5, 0.6) is 11.5 Å². The lowest BCUT2D eigenvalue weighted by Crippen LogP contribution is -2.21. The van der Waals surface area contributed by atoms with E-state index < -0.39 is 0 Å². The minimum Gasteiger partial charge on any atom is -0.493 e. The fourth-order valence-corrected chi connectivity index (χ4v) is 2.92. The third-order valence-electron chi connectivity index (χ3n) is 4.42. The summed E-state index contributed by atoms with van der Waals surface area (Å²) in [6.07, 6.45) is 7.27. The third kappa shape index (κ3) is 7.35. The molecule has 2 N–H and O–H groups in total. The highest BCUT2D eigenvalue weighted by atomic mass is 16.5. The summed E-state index contributed by atoms with van der Waals surface area (Å²) in [6.45, 7) is 9.96. The summed E-state index contributed by atoms with van der Waals surface area (Å²) in [7, 11) is 3.45. The van der Waals surface area contributed by atoms with Crippen LogP contribution in [0.15, 0.2) is 47.4 Å². The highest BCUT2D eigenvalue weighted by Gasteiger charge is 2.11. The molecule has 1 heterocycles. The van der Waals surface area contributed by atoms with E-state index >= 15 is 0 Å². The molecule has 1 aliphatic rings. The number of anilines is 1. The van der Waals surface area contributed by atoms with Crippen LogP contribution in [0.25, 0.3) is 0 Å². The van der Waals surface area contributed by atoms with Crippen LogP contribution in [0.2, 0.25) is 0 Å². The SMILES string of the molecule is C=C(N=C/C=C(\C)Nc1ccc(OC)c(OCCCN2CCCC2)c1)NC. The first-order chi connectivity index (χ1) is 13.1. The molecule has 0 spiro atoms. The van der Waals surface area contributed by atoms with Gasteiger partial charge >= 0.3 is 0 Å². The monoisotopic (exact) mass is 372 g/mol. The zero-order valence-corrected chi connectivity index (χ0v) is 16.8. The molecule has 0 atom stereocenters. The number of likely N-dealkylation sites (tertiary alicyclic amines) is 1. The largest absolute Gasteiger partial charge is 0.493 e. The van der Waals surface area contributed by atoms with E-state index in [4.69, 9.17) is 9.47 Å². The van der Waals surface area contributed by atoms with Gasteiger partial charge in [0.1, 0.15) is 5.82 Å². The first-order valence-corrected chi connectivity index (χ1v) is 9.50. The fraction of sp³-hybridized carbons (Fsp3) is 0.476. The van der Waals surface area contributed by atoms with Crippen LogP contribution < -0.4 is 20.1 Å². The maximum atomic E-state index is 5.98. The second-order valence-electron chi connectivity index (χ2n) is 6.57. The predicted octanol–water partition coefficient (Wildman–Crippen LogP) is 3.64. The molecule has 6 nitrogen and oxygen atoms in total. The Morgan fingerprint density at radius 2 is 2.07 bits per heavy atom. The summed E-state index contributed by atoms with van der Waals surface area (Å²) in [4.78, 5) is 6.65. The van der Waals surface area contributed by atoms with E-state index in [-0.39, 0.29) is 0 Å². The van der Waals surface area contributed by atoms with Gasteiger partial charge in [-0.1, -0.05) is 6.58 Å². The van der Waals surface area contributed by atoms with E-state index in [0.29, 0.717) is 12.4 Å². The topological polar surface area (TPSA) is 58.1 Å². The zero-order valence-electron chi connectivity index (χ0n) is 16.8. The van der Waals surface area contributed by atoms with E-state index in [1.165, 1.54) is 25.9 Å². The van der Waals surface area contributed by atoms with E-state index in [1.54, 1.807) is 20.4 Å². The van der Waals surface area contributed by atoms with Crippen LogP contribution in [0.1, 0.15) is 26.2 Å². The lowest BCUT2D eigenvalue weighted by Gasteiger charge is -2.16. The molecule has 1 saturated heterocycles. The third-order valence-corrected chi connectivity index (χ3v) is 4.42. The Bertz CT molecular complexity index is 664. The van der Waals surface area contributed by atoms with Crippen LogP contribution in [-0.2, 0) is 0 Å².